The van der Waals surface area contributed by atoms with Gasteiger partial charge in [-0.25, -0.2) is 4.39 Å². The van der Waals surface area contributed by atoms with E-state index in [1.807, 2.05) is 103 Å². The van der Waals surface area contributed by atoms with Crippen LogP contribution in [0.1, 0.15) is 22.3 Å². The van der Waals surface area contributed by atoms with Gasteiger partial charge in [0, 0.05) is 11.1 Å². The fraction of sp³-hybridized carbons (Fsp3) is 0.0857. The summed E-state index contributed by atoms with van der Waals surface area (Å²) in [6.45, 7) is 0.969. The van der Waals surface area contributed by atoms with Crippen molar-refractivity contribution in [3.05, 3.63) is 154 Å². The SMILES string of the molecule is O=C1/C(=C\c2c(OCc3ccccc3F)ccc3ccccc23)SC(=NCc2ccccc2)N1Cc1ccccc1. The summed E-state index contributed by atoms with van der Waals surface area (Å²) in [5.74, 6) is 0.154. The van der Waals surface area contributed by atoms with Crippen LogP contribution in [0.25, 0.3) is 16.8 Å². The Morgan fingerprint density at radius 3 is 2.24 bits per heavy atom. The molecule has 0 unspecified atom stereocenters. The highest BCUT2D eigenvalue weighted by Gasteiger charge is 2.33. The van der Waals surface area contributed by atoms with Gasteiger partial charge in [0.2, 0.25) is 0 Å². The van der Waals surface area contributed by atoms with Gasteiger partial charge in [-0.05, 0) is 51.9 Å². The molecule has 0 spiro atoms. The lowest BCUT2D eigenvalue weighted by atomic mass is 10.0. The molecule has 1 heterocycles. The molecule has 41 heavy (non-hydrogen) atoms. The van der Waals surface area contributed by atoms with Gasteiger partial charge in [0.15, 0.2) is 5.17 Å². The van der Waals surface area contributed by atoms with E-state index in [1.165, 1.54) is 17.8 Å². The van der Waals surface area contributed by atoms with Crippen LogP contribution in [-0.2, 0) is 24.5 Å². The summed E-state index contributed by atoms with van der Waals surface area (Å²) >= 11 is 1.37. The normalized spacial score (nSPS) is 15.2. The molecule has 5 aromatic carbocycles. The summed E-state index contributed by atoms with van der Waals surface area (Å²) in [4.78, 5) is 21.0. The van der Waals surface area contributed by atoms with E-state index >= 15 is 0 Å². The minimum absolute atomic E-state index is 0.0756. The molecular weight excluding hydrogens is 531 g/mol. The summed E-state index contributed by atoms with van der Waals surface area (Å²) in [5.41, 5.74) is 3.34. The number of rotatable bonds is 8. The molecule has 1 amide bonds. The number of thioether (sulfide) groups is 1. The Kier molecular flexibility index (Phi) is 7.92. The zero-order valence-electron chi connectivity index (χ0n) is 22.2. The molecule has 0 N–H and O–H groups in total. The Morgan fingerprint density at radius 1 is 0.780 bits per heavy atom. The number of halogens is 1. The number of nitrogens with zero attached hydrogens (tertiary/aromatic N) is 2. The fourth-order valence-corrected chi connectivity index (χ4v) is 5.68. The number of aliphatic imine (C=N–C) groups is 1. The van der Waals surface area contributed by atoms with E-state index in [0.717, 1.165) is 27.5 Å². The minimum Gasteiger partial charge on any atom is -0.488 e. The van der Waals surface area contributed by atoms with Crippen molar-refractivity contribution in [3.63, 3.8) is 0 Å². The first kappa shape index (κ1) is 26.5. The molecule has 202 valence electrons. The molecule has 0 saturated carbocycles. The Bertz CT molecular complexity index is 1750. The van der Waals surface area contributed by atoms with Crippen molar-refractivity contribution in [3.8, 4) is 5.75 Å². The Balaban J connectivity index is 1.37. The van der Waals surface area contributed by atoms with Crippen molar-refractivity contribution in [1.82, 2.24) is 4.90 Å². The standard InChI is InChI=1S/C35H27FN2O2S/c36-31-18-10-8-16-28(31)24-40-32-20-19-27-15-7-9-17-29(27)30(32)21-33-34(39)38(23-26-13-5-2-6-14-26)35(41-33)37-22-25-11-3-1-4-12-25/h1-21H,22-24H2/b33-21+,37-35?. The second-order valence-electron chi connectivity index (χ2n) is 9.65. The van der Waals surface area contributed by atoms with Crippen LogP contribution in [0.5, 0.6) is 5.75 Å². The van der Waals surface area contributed by atoms with Crippen molar-refractivity contribution >= 4 is 39.7 Å². The summed E-state index contributed by atoms with van der Waals surface area (Å²) < 4.78 is 20.5. The highest BCUT2D eigenvalue weighted by Crippen LogP contribution is 2.38. The highest BCUT2D eigenvalue weighted by atomic mass is 32.2. The third-order valence-electron chi connectivity index (χ3n) is 6.86. The predicted molar refractivity (Wildman–Crippen MR) is 165 cm³/mol. The van der Waals surface area contributed by atoms with Crippen molar-refractivity contribution in [2.75, 3.05) is 0 Å². The van der Waals surface area contributed by atoms with Crippen molar-refractivity contribution in [1.29, 1.82) is 0 Å². The van der Waals surface area contributed by atoms with Gasteiger partial charge in [0.1, 0.15) is 18.2 Å². The maximum atomic E-state index is 14.3. The zero-order chi connectivity index (χ0) is 28.0. The van der Waals surface area contributed by atoms with Gasteiger partial charge in [0.05, 0.1) is 18.0 Å². The molecule has 1 aliphatic rings. The molecule has 0 atom stereocenters. The van der Waals surface area contributed by atoms with Crippen LogP contribution in [0.3, 0.4) is 0 Å². The summed E-state index contributed by atoms with van der Waals surface area (Å²) in [5, 5.41) is 2.62. The topological polar surface area (TPSA) is 41.9 Å². The van der Waals surface area contributed by atoms with Gasteiger partial charge in [-0.3, -0.25) is 14.7 Å². The molecule has 1 saturated heterocycles. The molecule has 0 aliphatic carbocycles. The number of fused-ring (bicyclic) bond motifs is 1. The third kappa shape index (κ3) is 6.08. The number of benzene rings is 5. The van der Waals surface area contributed by atoms with Gasteiger partial charge < -0.3 is 4.74 Å². The van der Waals surface area contributed by atoms with E-state index in [9.17, 15) is 9.18 Å². The van der Waals surface area contributed by atoms with E-state index in [1.54, 1.807) is 23.1 Å². The quantitative estimate of drug-likeness (QED) is 0.180. The molecule has 1 aliphatic heterocycles. The van der Waals surface area contributed by atoms with Gasteiger partial charge in [-0.1, -0.05) is 109 Å². The summed E-state index contributed by atoms with van der Waals surface area (Å²) in [6.07, 6.45) is 1.88. The van der Waals surface area contributed by atoms with Crippen molar-refractivity contribution in [2.24, 2.45) is 4.99 Å². The Labute approximate surface area is 242 Å². The monoisotopic (exact) mass is 558 g/mol. The Hall–Kier alpha value is -4.68. The maximum Gasteiger partial charge on any atom is 0.267 e. The van der Waals surface area contributed by atoms with E-state index in [-0.39, 0.29) is 18.3 Å². The number of ether oxygens (including phenoxy) is 1. The number of amides is 1. The average molecular weight is 559 g/mol. The first-order valence-corrected chi connectivity index (χ1v) is 14.2. The molecular formula is C35H27FN2O2S. The molecule has 5 aromatic rings. The average Bonchev–Trinajstić information content (AvgIpc) is 3.30. The minimum atomic E-state index is -0.314. The number of hydrogen-bond donors (Lipinski definition) is 0. The number of amidine groups is 1. The number of hydrogen-bond acceptors (Lipinski definition) is 4. The van der Waals surface area contributed by atoms with Crippen LogP contribution in [0.4, 0.5) is 4.39 Å². The molecule has 4 nitrogen and oxygen atoms in total. The van der Waals surface area contributed by atoms with Crippen molar-refractivity contribution < 1.29 is 13.9 Å². The highest BCUT2D eigenvalue weighted by molar-refractivity contribution is 8.18. The van der Waals surface area contributed by atoms with Gasteiger partial charge >= 0.3 is 0 Å². The zero-order valence-corrected chi connectivity index (χ0v) is 23.1. The molecule has 0 aromatic heterocycles. The van der Waals surface area contributed by atoms with E-state index < -0.39 is 0 Å². The van der Waals surface area contributed by atoms with Gasteiger partial charge in [-0.15, -0.1) is 0 Å². The summed E-state index contributed by atoms with van der Waals surface area (Å²) in [6, 6.07) is 38.3. The second kappa shape index (κ2) is 12.2. The van der Waals surface area contributed by atoms with Gasteiger partial charge in [0.25, 0.3) is 5.91 Å². The van der Waals surface area contributed by atoms with Crippen LogP contribution in [0, 0.1) is 5.82 Å². The second-order valence-corrected chi connectivity index (χ2v) is 10.7. The van der Waals surface area contributed by atoms with Gasteiger partial charge in [-0.2, -0.15) is 0 Å². The molecule has 6 heteroatoms. The van der Waals surface area contributed by atoms with Crippen LogP contribution in [0.15, 0.2) is 131 Å². The lowest BCUT2D eigenvalue weighted by Crippen LogP contribution is -2.28. The first-order chi connectivity index (χ1) is 20.2. The number of carbonyl (C=O) groups is 1. The smallest absolute Gasteiger partial charge is 0.267 e. The maximum absolute atomic E-state index is 14.3. The molecule has 6 rings (SSSR count). The van der Waals surface area contributed by atoms with E-state index in [2.05, 4.69) is 0 Å². The van der Waals surface area contributed by atoms with Crippen molar-refractivity contribution in [2.45, 2.75) is 19.7 Å². The van der Waals surface area contributed by atoms with Crippen LogP contribution < -0.4 is 4.74 Å². The summed E-state index contributed by atoms with van der Waals surface area (Å²) in [7, 11) is 0. The van der Waals surface area contributed by atoms with Crippen LogP contribution >= 0.6 is 11.8 Å². The molecule has 0 bridgehead atoms. The van der Waals surface area contributed by atoms with Crippen LogP contribution in [-0.4, -0.2) is 16.0 Å². The van der Waals surface area contributed by atoms with E-state index in [4.69, 9.17) is 9.73 Å². The fourth-order valence-electron chi connectivity index (χ4n) is 4.73. The van der Waals surface area contributed by atoms with Crippen LogP contribution in [0.2, 0.25) is 0 Å². The lowest BCUT2D eigenvalue weighted by Gasteiger charge is -2.16. The molecule has 1 fully saturated rings. The third-order valence-corrected chi connectivity index (χ3v) is 7.90. The van der Waals surface area contributed by atoms with E-state index in [0.29, 0.717) is 34.5 Å². The molecule has 0 radical (unpaired) electrons. The lowest BCUT2D eigenvalue weighted by molar-refractivity contribution is -0.122. The number of carbonyl (C=O) groups excluding carboxylic acids is 1. The predicted octanol–water partition coefficient (Wildman–Crippen LogP) is 8.23. The Morgan fingerprint density at radius 2 is 1.46 bits per heavy atom. The first-order valence-electron chi connectivity index (χ1n) is 13.4. The largest absolute Gasteiger partial charge is 0.488 e.